The number of likely N-dealkylation sites (N-methyl/N-ethyl adjacent to an activating group) is 1. The van der Waals surface area contributed by atoms with Crippen LogP contribution in [0, 0.1) is 0 Å². The van der Waals surface area contributed by atoms with Crippen LogP contribution in [0.25, 0.3) is 0 Å². The summed E-state index contributed by atoms with van der Waals surface area (Å²) in [6, 6.07) is 0. The van der Waals surface area contributed by atoms with Crippen molar-refractivity contribution in [2.75, 3.05) is 47.5 Å². The zero-order valence-corrected chi connectivity index (χ0v) is 57.6. The molecular formula is C76H136NO8P. The van der Waals surface area contributed by atoms with Crippen molar-refractivity contribution in [1.82, 2.24) is 0 Å². The van der Waals surface area contributed by atoms with E-state index in [4.69, 9.17) is 18.5 Å². The summed E-state index contributed by atoms with van der Waals surface area (Å²) in [5.74, 6) is -0.826. The number of nitrogens with zero attached hydrogens (tertiary/aromatic N) is 1. The monoisotopic (exact) mass is 1220 g/mol. The molecule has 0 N–H and O–H groups in total. The van der Waals surface area contributed by atoms with Crippen molar-refractivity contribution < 1.29 is 42.1 Å². The Morgan fingerprint density at radius 3 is 0.988 bits per heavy atom. The lowest BCUT2D eigenvalue weighted by Crippen LogP contribution is -2.37. The van der Waals surface area contributed by atoms with Crippen LogP contribution in [-0.4, -0.2) is 70.0 Å². The number of allylic oxidation sites excluding steroid dienone is 16. The van der Waals surface area contributed by atoms with Gasteiger partial charge in [0.2, 0.25) is 0 Å². The molecule has 0 heterocycles. The number of phosphoric acid groups is 1. The summed E-state index contributed by atoms with van der Waals surface area (Å²) in [5, 5.41) is 0. The van der Waals surface area contributed by atoms with Crippen molar-refractivity contribution in [1.29, 1.82) is 0 Å². The van der Waals surface area contributed by atoms with Gasteiger partial charge in [-0.2, -0.15) is 0 Å². The lowest BCUT2D eigenvalue weighted by molar-refractivity contribution is -0.870. The fourth-order valence-corrected chi connectivity index (χ4v) is 10.8. The summed E-state index contributed by atoms with van der Waals surface area (Å²) >= 11 is 0. The van der Waals surface area contributed by atoms with Crippen LogP contribution < -0.4 is 4.89 Å². The zero-order valence-electron chi connectivity index (χ0n) is 56.7. The second kappa shape index (κ2) is 66.4. The molecule has 0 aliphatic rings. The van der Waals surface area contributed by atoms with Crippen LogP contribution in [0.1, 0.15) is 322 Å². The minimum absolute atomic E-state index is 0.0333. The van der Waals surface area contributed by atoms with E-state index in [1.807, 2.05) is 21.1 Å². The van der Waals surface area contributed by atoms with Crippen LogP contribution >= 0.6 is 7.82 Å². The van der Waals surface area contributed by atoms with Crippen LogP contribution in [-0.2, 0) is 32.7 Å². The van der Waals surface area contributed by atoms with Gasteiger partial charge < -0.3 is 27.9 Å². The molecule has 498 valence electrons. The van der Waals surface area contributed by atoms with Gasteiger partial charge in [0.05, 0.1) is 27.7 Å². The third kappa shape index (κ3) is 70.0. The standard InChI is InChI=1S/C76H136NO8P/c1-6-8-10-12-14-16-18-20-22-24-26-28-30-32-34-36-38-40-42-44-46-48-50-52-54-56-58-60-62-64-66-68-75(78)82-72-74(73-84-86(80,81)83-71-70-77(3,4)5)85-76(79)69-67-65-63-61-59-57-55-53-51-49-47-45-43-41-39-37-35-33-31-29-27-25-23-21-19-17-15-13-11-9-7-2/h9,11,15,17-18,20-21,23-24,26-27,29,33,35,39,41,74H,6-8,10,12-14,16,19,22,25,28,30-32,34,36-38,40,42-73H2,1-5H3/b11-9-,17-15-,20-18-,23-21-,26-24-,29-27-,35-33-,41-39-. The van der Waals surface area contributed by atoms with Gasteiger partial charge in [-0.15, -0.1) is 0 Å². The highest BCUT2D eigenvalue weighted by atomic mass is 31.2. The number of quaternary nitrogens is 1. The molecule has 10 heteroatoms. The Balaban J connectivity index is 4.03. The van der Waals surface area contributed by atoms with E-state index in [1.165, 1.54) is 205 Å². The van der Waals surface area contributed by atoms with E-state index in [1.54, 1.807) is 0 Å². The maximum atomic E-state index is 12.9. The molecule has 0 aliphatic carbocycles. The van der Waals surface area contributed by atoms with Gasteiger partial charge in [0.1, 0.15) is 19.8 Å². The molecule has 0 aromatic heterocycles. The van der Waals surface area contributed by atoms with E-state index in [9.17, 15) is 19.0 Å². The van der Waals surface area contributed by atoms with E-state index in [-0.39, 0.29) is 32.0 Å². The minimum Gasteiger partial charge on any atom is -0.756 e. The van der Waals surface area contributed by atoms with Gasteiger partial charge in [-0.1, -0.05) is 310 Å². The molecule has 0 radical (unpaired) electrons. The van der Waals surface area contributed by atoms with Crippen molar-refractivity contribution in [2.24, 2.45) is 0 Å². The van der Waals surface area contributed by atoms with Gasteiger partial charge >= 0.3 is 11.9 Å². The molecule has 0 spiro atoms. The first-order valence-electron chi connectivity index (χ1n) is 35.9. The third-order valence-corrected chi connectivity index (χ3v) is 16.6. The van der Waals surface area contributed by atoms with Crippen molar-refractivity contribution in [2.45, 2.75) is 328 Å². The predicted molar refractivity (Wildman–Crippen MR) is 369 cm³/mol. The summed E-state index contributed by atoms with van der Waals surface area (Å²) in [7, 11) is 1.17. The topological polar surface area (TPSA) is 111 Å². The largest absolute Gasteiger partial charge is 0.756 e. The van der Waals surface area contributed by atoms with Gasteiger partial charge in [0, 0.05) is 12.8 Å². The normalized spacial score (nSPS) is 13.7. The first-order chi connectivity index (χ1) is 42.0. The van der Waals surface area contributed by atoms with E-state index >= 15 is 0 Å². The number of ether oxygens (including phenoxy) is 2. The van der Waals surface area contributed by atoms with Crippen molar-refractivity contribution >= 4 is 19.8 Å². The molecule has 0 saturated carbocycles. The maximum absolute atomic E-state index is 12.9. The number of hydrogen-bond acceptors (Lipinski definition) is 8. The van der Waals surface area contributed by atoms with Crippen LogP contribution in [0.3, 0.4) is 0 Å². The number of phosphoric ester groups is 1. The Bertz CT molecular complexity index is 1770. The summed E-state index contributed by atoms with van der Waals surface area (Å²) in [6.45, 7) is 4.15. The molecule has 0 aromatic carbocycles. The van der Waals surface area contributed by atoms with Gasteiger partial charge in [-0.05, 0) is 96.3 Å². The Morgan fingerprint density at radius 2 is 0.663 bits per heavy atom. The number of esters is 2. The Hall–Kier alpha value is -3.07. The Kier molecular flexibility index (Phi) is 64.0. The summed E-state index contributed by atoms with van der Waals surface area (Å²) < 4.78 is 34.3. The highest BCUT2D eigenvalue weighted by Crippen LogP contribution is 2.38. The van der Waals surface area contributed by atoms with Gasteiger partial charge in [0.15, 0.2) is 6.10 Å². The second-order valence-corrected chi connectivity index (χ2v) is 26.6. The third-order valence-electron chi connectivity index (χ3n) is 15.6. The van der Waals surface area contributed by atoms with Crippen molar-refractivity contribution in [3.8, 4) is 0 Å². The molecule has 0 bridgehead atoms. The highest BCUT2D eigenvalue weighted by molar-refractivity contribution is 7.45. The molecule has 0 aliphatic heterocycles. The molecule has 0 rings (SSSR count). The van der Waals surface area contributed by atoms with Crippen LogP contribution in [0.2, 0.25) is 0 Å². The van der Waals surface area contributed by atoms with E-state index in [0.717, 1.165) is 83.5 Å². The Labute approximate surface area is 532 Å². The molecule has 0 amide bonds. The average molecular weight is 1220 g/mol. The number of rotatable bonds is 66. The number of unbranched alkanes of at least 4 members (excludes halogenated alkanes) is 36. The molecule has 0 fully saturated rings. The summed E-state index contributed by atoms with van der Waals surface area (Å²) in [6.07, 6.45) is 92.0. The SMILES string of the molecule is CC/C=C\C/C=C\C/C=C\C/C=C\C/C=C\C/C=C\CCCCCCCCCCCCCCC(=O)OC(COC(=O)CCCCCCCCCCCCCCCCCCCCC/C=C\C/C=C\CCCCCCC)COP(=O)([O-])OCC[N+](C)(C)C. The number of hydrogen-bond donors (Lipinski definition) is 0. The predicted octanol–water partition coefficient (Wildman–Crippen LogP) is 22.9. The fraction of sp³-hybridized carbons (Fsp3) is 0.763. The molecule has 2 atom stereocenters. The molecule has 0 saturated heterocycles. The van der Waals surface area contributed by atoms with Crippen LogP contribution in [0.15, 0.2) is 97.2 Å². The summed E-state index contributed by atoms with van der Waals surface area (Å²) in [4.78, 5) is 38.1. The molecular weight excluding hydrogens is 1090 g/mol. The van der Waals surface area contributed by atoms with Gasteiger partial charge in [-0.3, -0.25) is 14.2 Å². The smallest absolute Gasteiger partial charge is 0.306 e. The molecule has 86 heavy (non-hydrogen) atoms. The van der Waals surface area contributed by atoms with E-state index in [0.29, 0.717) is 17.4 Å². The molecule has 0 aromatic rings. The first-order valence-corrected chi connectivity index (χ1v) is 37.4. The average Bonchev–Trinajstić information content (AvgIpc) is 3.56. The quantitative estimate of drug-likeness (QED) is 0.0195. The number of carbonyl (C=O) groups excluding carboxylic acids is 2. The van der Waals surface area contributed by atoms with Crippen LogP contribution in [0.4, 0.5) is 0 Å². The number of carbonyl (C=O) groups is 2. The zero-order chi connectivity index (χ0) is 62.6. The van der Waals surface area contributed by atoms with E-state index < -0.39 is 26.5 Å². The first kappa shape index (κ1) is 82.9. The molecule has 2 unspecified atom stereocenters. The van der Waals surface area contributed by atoms with Crippen LogP contribution in [0.5, 0.6) is 0 Å². The Morgan fingerprint density at radius 1 is 0.372 bits per heavy atom. The second-order valence-electron chi connectivity index (χ2n) is 25.2. The lowest BCUT2D eigenvalue weighted by Gasteiger charge is -2.28. The lowest BCUT2D eigenvalue weighted by atomic mass is 10.0. The molecule has 9 nitrogen and oxygen atoms in total. The van der Waals surface area contributed by atoms with E-state index in [2.05, 4.69) is 111 Å². The maximum Gasteiger partial charge on any atom is 0.306 e. The van der Waals surface area contributed by atoms with Crippen molar-refractivity contribution in [3.63, 3.8) is 0 Å². The van der Waals surface area contributed by atoms with Crippen molar-refractivity contribution in [3.05, 3.63) is 97.2 Å². The minimum atomic E-state index is -4.65. The van der Waals surface area contributed by atoms with Gasteiger partial charge in [-0.25, -0.2) is 0 Å². The highest BCUT2D eigenvalue weighted by Gasteiger charge is 2.22. The van der Waals surface area contributed by atoms with Gasteiger partial charge in [0.25, 0.3) is 7.82 Å². The fourth-order valence-electron chi connectivity index (χ4n) is 10.1. The summed E-state index contributed by atoms with van der Waals surface area (Å²) in [5.41, 5.74) is 0.